The number of nitrogen functional groups attached to an aromatic ring is 1. The quantitative estimate of drug-likeness (QED) is 0.835. The molecule has 1 atom stereocenters. The third-order valence-corrected chi connectivity index (χ3v) is 4.96. The number of nitrogens with two attached hydrogens (primary N) is 1. The molecule has 0 heterocycles. The summed E-state index contributed by atoms with van der Waals surface area (Å²) in [6, 6.07) is 10.2. The number of hydrogen-bond donors (Lipinski definition) is 2. The molecule has 1 unspecified atom stereocenters. The number of rotatable bonds is 4. The molecule has 0 amide bonds. The fraction of sp³-hybridized carbons (Fsp3) is 0.286. The third-order valence-electron chi connectivity index (χ3n) is 3.07. The van der Waals surface area contributed by atoms with Gasteiger partial charge in [-0.3, -0.25) is 0 Å². The summed E-state index contributed by atoms with van der Waals surface area (Å²) in [6.07, 6.45) is -0.722. The Morgan fingerprint density at radius 3 is 2.65 bits per heavy atom. The molecule has 0 spiro atoms. The van der Waals surface area contributed by atoms with E-state index in [9.17, 15) is 13.5 Å². The minimum absolute atomic E-state index is 0.0493. The largest absolute Gasteiger partial charge is 0.399 e. The Hall–Kier alpha value is -1.63. The average Bonchev–Trinajstić information content (AvgIpc) is 2.36. The minimum atomic E-state index is -3.64. The molecule has 0 aromatic heterocycles. The summed E-state index contributed by atoms with van der Waals surface area (Å²) in [7, 11) is -2.18. The summed E-state index contributed by atoms with van der Waals surface area (Å²) >= 11 is 0. The first-order valence-corrected chi connectivity index (χ1v) is 7.69. The SMILES string of the molecule is CC(O)CN(C)S(=O)(=O)c1cccc2cc(N)ccc12. The number of sulfonamides is 1. The van der Waals surface area contributed by atoms with Crippen molar-refractivity contribution in [3.63, 3.8) is 0 Å². The van der Waals surface area contributed by atoms with Crippen LogP contribution in [0.2, 0.25) is 0 Å². The zero-order valence-electron chi connectivity index (χ0n) is 11.4. The normalized spacial score (nSPS) is 13.8. The highest BCUT2D eigenvalue weighted by Crippen LogP contribution is 2.26. The number of hydrogen-bond acceptors (Lipinski definition) is 4. The van der Waals surface area contributed by atoms with Crippen molar-refractivity contribution in [3.8, 4) is 0 Å². The minimum Gasteiger partial charge on any atom is -0.399 e. The lowest BCUT2D eigenvalue weighted by atomic mass is 10.1. The van der Waals surface area contributed by atoms with Crippen molar-refractivity contribution >= 4 is 26.5 Å². The van der Waals surface area contributed by atoms with Gasteiger partial charge in [-0.2, -0.15) is 4.31 Å². The van der Waals surface area contributed by atoms with Gasteiger partial charge in [0.15, 0.2) is 0 Å². The molecule has 0 aliphatic rings. The van der Waals surface area contributed by atoms with Crippen molar-refractivity contribution < 1.29 is 13.5 Å². The van der Waals surface area contributed by atoms with Gasteiger partial charge in [-0.25, -0.2) is 8.42 Å². The van der Waals surface area contributed by atoms with Crippen LogP contribution >= 0.6 is 0 Å². The molecule has 2 aromatic carbocycles. The Morgan fingerprint density at radius 2 is 2.00 bits per heavy atom. The molecular weight excluding hydrogens is 276 g/mol. The van der Waals surface area contributed by atoms with E-state index in [1.54, 1.807) is 37.3 Å². The molecule has 0 radical (unpaired) electrons. The van der Waals surface area contributed by atoms with Gasteiger partial charge in [0, 0.05) is 24.7 Å². The standard InChI is InChI=1S/C14H18N2O3S/c1-10(17)9-16(2)20(18,19)14-5-3-4-11-8-12(15)6-7-13(11)14/h3-8,10,17H,9,15H2,1-2H3. The molecule has 2 rings (SSSR count). The Kier molecular flexibility index (Phi) is 3.99. The van der Waals surface area contributed by atoms with Crippen LogP contribution in [0.1, 0.15) is 6.92 Å². The molecule has 6 heteroatoms. The highest BCUT2D eigenvalue weighted by Gasteiger charge is 2.23. The highest BCUT2D eigenvalue weighted by molar-refractivity contribution is 7.89. The van der Waals surface area contributed by atoms with Gasteiger partial charge in [0.1, 0.15) is 0 Å². The molecule has 0 bridgehead atoms. The monoisotopic (exact) mass is 294 g/mol. The summed E-state index contributed by atoms with van der Waals surface area (Å²) in [6.45, 7) is 1.60. The molecule has 2 aromatic rings. The maximum atomic E-state index is 12.6. The molecule has 0 saturated heterocycles. The van der Waals surface area contributed by atoms with Gasteiger partial charge < -0.3 is 10.8 Å². The second kappa shape index (κ2) is 5.40. The fourth-order valence-corrected chi connectivity index (χ4v) is 3.60. The summed E-state index contributed by atoms with van der Waals surface area (Å²) < 4.78 is 26.3. The summed E-state index contributed by atoms with van der Waals surface area (Å²) in [5, 5.41) is 10.8. The van der Waals surface area contributed by atoms with E-state index in [-0.39, 0.29) is 11.4 Å². The number of aliphatic hydroxyl groups excluding tert-OH is 1. The van der Waals surface area contributed by atoms with Crippen LogP contribution in [0.3, 0.4) is 0 Å². The number of likely N-dealkylation sites (N-methyl/N-ethyl adjacent to an activating group) is 1. The van der Waals surface area contributed by atoms with E-state index >= 15 is 0 Å². The van der Waals surface area contributed by atoms with Crippen LogP contribution in [0.25, 0.3) is 10.8 Å². The van der Waals surface area contributed by atoms with Crippen LogP contribution in [0, 0.1) is 0 Å². The van der Waals surface area contributed by atoms with Crippen molar-refractivity contribution in [3.05, 3.63) is 36.4 Å². The van der Waals surface area contributed by atoms with Gasteiger partial charge in [0.05, 0.1) is 11.0 Å². The van der Waals surface area contributed by atoms with Gasteiger partial charge in [0.25, 0.3) is 0 Å². The maximum Gasteiger partial charge on any atom is 0.243 e. The predicted octanol–water partition coefficient (Wildman–Crippen LogP) is 1.42. The number of aliphatic hydroxyl groups is 1. The van der Waals surface area contributed by atoms with E-state index in [0.717, 1.165) is 9.69 Å². The predicted molar refractivity (Wildman–Crippen MR) is 79.9 cm³/mol. The van der Waals surface area contributed by atoms with E-state index in [1.807, 2.05) is 6.07 Å². The molecule has 20 heavy (non-hydrogen) atoms. The lowest BCUT2D eigenvalue weighted by Crippen LogP contribution is -2.33. The van der Waals surface area contributed by atoms with E-state index in [0.29, 0.717) is 11.1 Å². The first-order valence-electron chi connectivity index (χ1n) is 6.25. The fourth-order valence-electron chi connectivity index (χ4n) is 2.14. The van der Waals surface area contributed by atoms with Crippen LogP contribution in [0.15, 0.2) is 41.3 Å². The van der Waals surface area contributed by atoms with Crippen LogP contribution in [-0.2, 0) is 10.0 Å². The molecule has 0 saturated carbocycles. The van der Waals surface area contributed by atoms with E-state index in [4.69, 9.17) is 5.73 Å². The Bertz CT molecular complexity index is 726. The Labute approximate surface area is 118 Å². The summed E-state index contributed by atoms with van der Waals surface area (Å²) in [5.41, 5.74) is 6.30. The Morgan fingerprint density at radius 1 is 1.30 bits per heavy atom. The molecule has 0 fully saturated rings. The second-order valence-electron chi connectivity index (χ2n) is 4.87. The zero-order chi connectivity index (χ0) is 14.9. The van der Waals surface area contributed by atoms with Crippen molar-refractivity contribution in [2.75, 3.05) is 19.3 Å². The Balaban J connectivity index is 2.57. The van der Waals surface area contributed by atoms with Gasteiger partial charge >= 0.3 is 0 Å². The first kappa shape index (κ1) is 14.8. The van der Waals surface area contributed by atoms with Gasteiger partial charge in [-0.1, -0.05) is 18.2 Å². The van der Waals surface area contributed by atoms with Gasteiger partial charge in [-0.15, -0.1) is 0 Å². The second-order valence-corrected chi connectivity index (χ2v) is 6.88. The molecule has 0 aliphatic heterocycles. The van der Waals surface area contributed by atoms with Crippen LogP contribution in [-0.4, -0.2) is 37.5 Å². The van der Waals surface area contributed by atoms with Crippen molar-refractivity contribution in [2.45, 2.75) is 17.9 Å². The molecule has 5 nitrogen and oxygen atoms in total. The molecule has 0 aliphatic carbocycles. The lowest BCUT2D eigenvalue weighted by Gasteiger charge is -2.19. The van der Waals surface area contributed by atoms with Crippen molar-refractivity contribution in [1.29, 1.82) is 0 Å². The van der Waals surface area contributed by atoms with Gasteiger partial charge in [-0.05, 0) is 30.5 Å². The van der Waals surface area contributed by atoms with Crippen LogP contribution < -0.4 is 5.73 Å². The van der Waals surface area contributed by atoms with Crippen LogP contribution in [0.5, 0.6) is 0 Å². The number of anilines is 1. The first-order chi connectivity index (χ1) is 9.32. The summed E-state index contributed by atoms with van der Waals surface area (Å²) in [4.78, 5) is 0.221. The van der Waals surface area contributed by atoms with Crippen molar-refractivity contribution in [2.24, 2.45) is 0 Å². The highest BCUT2D eigenvalue weighted by atomic mass is 32.2. The van der Waals surface area contributed by atoms with E-state index in [1.165, 1.54) is 7.05 Å². The van der Waals surface area contributed by atoms with Crippen LogP contribution in [0.4, 0.5) is 5.69 Å². The average molecular weight is 294 g/mol. The molecule has 3 N–H and O–H groups in total. The zero-order valence-corrected chi connectivity index (χ0v) is 12.3. The van der Waals surface area contributed by atoms with Gasteiger partial charge in [0.2, 0.25) is 10.0 Å². The number of benzene rings is 2. The summed E-state index contributed by atoms with van der Waals surface area (Å²) in [5.74, 6) is 0. The molecular formula is C14H18N2O3S. The molecule has 108 valence electrons. The smallest absolute Gasteiger partial charge is 0.243 e. The van der Waals surface area contributed by atoms with E-state index < -0.39 is 16.1 Å². The number of nitrogens with zero attached hydrogens (tertiary/aromatic N) is 1. The number of fused-ring (bicyclic) bond motifs is 1. The third kappa shape index (κ3) is 2.77. The van der Waals surface area contributed by atoms with E-state index in [2.05, 4.69) is 0 Å². The topological polar surface area (TPSA) is 83.6 Å². The lowest BCUT2D eigenvalue weighted by molar-refractivity contribution is 0.171. The van der Waals surface area contributed by atoms with Crippen molar-refractivity contribution in [1.82, 2.24) is 4.31 Å². The maximum absolute atomic E-state index is 12.6.